The third-order valence-corrected chi connectivity index (χ3v) is 11.4. The van der Waals surface area contributed by atoms with Crippen LogP contribution in [0, 0.1) is 0 Å². The van der Waals surface area contributed by atoms with E-state index in [1.807, 2.05) is 48.5 Å². The number of nitrogens with zero attached hydrogens (tertiary/aromatic N) is 6. The number of hydrogen-bond donors (Lipinski definition) is 10. The Morgan fingerprint density at radius 3 is 1.01 bits per heavy atom. The van der Waals surface area contributed by atoms with Crippen LogP contribution in [-0.4, -0.2) is 237 Å². The van der Waals surface area contributed by atoms with Crippen LogP contribution in [-0.2, 0) is 41.6 Å². The minimum atomic E-state index is -0.992. The minimum Gasteiger partial charge on any atom is -0.480 e. The molecule has 0 bridgehead atoms. The molecule has 67 heavy (non-hydrogen) atoms. The maximum atomic E-state index is 11.6. The van der Waals surface area contributed by atoms with E-state index in [4.69, 9.17) is 24.4 Å². The summed E-state index contributed by atoms with van der Waals surface area (Å²) in [5.41, 5.74) is 3.56. The highest BCUT2D eigenvalue weighted by Gasteiger charge is 2.30. The summed E-state index contributed by atoms with van der Waals surface area (Å²) in [6.07, 6.45) is 1.03. The molecule has 0 aromatic heterocycles. The second kappa shape index (κ2) is 29.9. The highest BCUT2D eigenvalue weighted by Crippen LogP contribution is 2.18. The van der Waals surface area contributed by atoms with Gasteiger partial charge in [-0.2, -0.15) is 0 Å². The summed E-state index contributed by atoms with van der Waals surface area (Å²) in [6, 6.07) is 14.7. The number of carboxylic acid groups (broad SMARTS) is 6. The summed E-state index contributed by atoms with van der Waals surface area (Å²) >= 11 is 10.2. The number of nitrogens with one attached hydrogen (secondary N) is 4. The molecule has 22 nitrogen and oxygen atoms in total. The average molecular weight is 979 g/mol. The Labute approximate surface area is 401 Å². The fourth-order valence-corrected chi connectivity index (χ4v) is 7.84. The summed E-state index contributed by atoms with van der Waals surface area (Å²) in [5, 5.41) is 68.7. The van der Waals surface area contributed by atoms with E-state index in [9.17, 15) is 59.4 Å². The van der Waals surface area contributed by atoms with Crippen LogP contribution in [0.5, 0.6) is 0 Å². The normalized spacial score (nSPS) is 18.2. The average Bonchev–Trinajstić information content (AvgIpc) is 3.35. The van der Waals surface area contributed by atoms with Crippen molar-refractivity contribution in [1.82, 2.24) is 40.0 Å². The maximum absolute atomic E-state index is 11.6. The zero-order valence-corrected chi connectivity index (χ0v) is 38.8. The second-order valence-electron chi connectivity index (χ2n) is 15.8. The van der Waals surface area contributed by atoms with E-state index >= 15 is 0 Å². The number of carbonyl (C=O) groups is 6. The molecule has 2 aromatic rings. The lowest BCUT2D eigenvalue weighted by molar-refractivity contribution is -0.140. The van der Waals surface area contributed by atoms with Crippen LogP contribution < -0.4 is 21.3 Å². The van der Waals surface area contributed by atoms with Gasteiger partial charge in [-0.05, 0) is 72.7 Å². The standard InChI is InChI=1S/2C21H31N5O6S.CH4/c2*1-22-21(33)23-16-4-2-15(3-5-16)10-17-11-25(13-19(29)30)7-6-24(12-18(27)28)8-9-26(17)14-20(31)32;/h2*2-5,17H,6-14H2,1H3,(H,27,28)(H,29,30)(H,31,32)(H2,22,23,33);1H4. The number of rotatable bonds is 18. The number of carboxylic acids is 6. The van der Waals surface area contributed by atoms with Crippen molar-refractivity contribution < 1.29 is 59.4 Å². The molecule has 24 heteroatoms. The lowest BCUT2D eigenvalue weighted by Gasteiger charge is -2.33. The van der Waals surface area contributed by atoms with Crippen LogP contribution in [0.25, 0.3) is 0 Å². The molecule has 2 unspecified atom stereocenters. The monoisotopic (exact) mass is 978 g/mol. The molecular weight excluding hydrogens is 913 g/mol. The Morgan fingerprint density at radius 2 is 0.731 bits per heavy atom. The summed E-state index contributed by atoms with van der Waals surface area (Å²) in [6.45, 7) is 2.49. The zero-order chi connectivity index (χ0) is 48.8. The Hall–Kier alpha value is -5.60. The molecule has 2 aliphatic heterocycles. The van der Waals surface area contributed by atoms with E-state index in [2.05, 4.69) is 21.3 Å². The van der Waals surface area contributed by atoms with E-state index in [0.29, 0.717) is 88.5 Å². The van der Waals surface area contributed by atoms with Crippen LogP contribution in [0.15, 0.2) is 48.5 Å². The molecule has 0 radical (unpaired) electrons. The molecule has 2 aromatic carbocycles. The number of benzene rings is 2. The first-order valence-electron chi connectivity index (χ1n) is 21.2. The van der Waals surface area contributed by atoms with E-state index in [-0.39, 0.29) is 58.8 Å². The molecule has 0 aliphatic carbocycles. The molecule has 2 saturated heterocycles. The number of thiocarbonyl (C=S) groups is 2. The van der Waals surface area contributed by atoms with E-state index in [0.717, 1.165) is 22.5 Å². The Kier molecular flexibility index (Phi) is 25.7. The van der Waals surface area contributed by atoms with Gasteiger partial charge in [0.2, 0.25) is 0 Å². The number of aliphatic carboxylic acids is 6. The van der Waals surface area contributed by atoms with Crippen LogP contribution in [0.2, 0.25) is 0 Å². The molecule has 4 rings (SSSR count). The summed E-state index contributed by atoms with van der Waals surface area (Å²) in [5.74, 6) is -5.92. The van der Waals surface area contributed by atoms with Gasteiger partial charge in [-0.1, -0.05) is 31.7 Å². The largest absolute Gasteiger partial charge is 0.480 e. The molecule has 372 valence electrons. The van der Waals surface area contributed by atoms with E-state index in [1.54, 1.807) is 43.5 Å². The third-order valence-electron chi connectivity index (χ3n) is 10.8. The van der Waals surface area contributed by atoms with Gasteiger partial charge in [0.05, 0.1) is 39.3 Å². The SMILES string of the molecule is C.CNC(=S)Nc1ccc(CC2CN(CC(=O)O)CCN(CC(=O)O)CCN2CC(=O)O)cc1.CNC(=S)Nc1ccc(CC2CN(CC(=O)O)CCN(CC(=O)O)CCN2CC(=O)O)cc1. The van der Waals surface area contributed by atoms with Gasteiger partial charge in [-0.25, -0.2) is 0 Å². The van der Waals surface area contributed by atoms with Gasteiger partial charge in [0.25, 0.3) is 0 Å². The zero-order valence-electron chi connectivity index (χ0n) is 37.1. The van der Waals surface area contributed by atoms with Crippen molar-refractivity contribution in [2.45, 2.75) is 32.4 Å². The lowest BCUT2D eigenvalue weighted by Crippen LogP contribution is -2.49. The molecule has 2 fully saturated rings. The summed E-state index contributed by atoms with van der Waals surface area (Å²) < 4.78 is 0. The Bertz CT molecular complexity index is 1810. The fourth-order valence-electron chi connectivity index (χ4n) is 7.60. The van der Waals surface area contributed by atoms with Crippen LogP contribution in [0.1, 0.15) is 18.6 Å². The predicted molar refractivity (Wildman–Crippen MR) is 260 cm³/mol. The van der Waals surface area contributed by atoms with Crippen molar-refractivity contribution in [3.63, 3.8) is 0 Å². The van der Waals surface area contributed by atoms with Crippen molar-refractivity contribution in [3.8, 4) is 0 Å². The van der Waals surface area contributed by atoms with Gasteiger partial charge >= 0.3 is 35.8 Å². The van der Waals surface area contributed by atoms with Crippen LogP contribution >= 0.6 is 24.4 Å². The Morgan fingerprint density at radius 1 is 0.463 bits per heavy atom. The third kappa shape index (κ3) is 23.1. The maximum Gasteiger partial charge on any atom is 0.317 e. The molecule has 2 heterocycles. The molecular formula is C43H66N10O12S2. The first-order valence-corrected chi connectivity index (χ1v) is 22.0. The predicted octanol–water partition coefficient (Wildman–Crippen LogP) is 0.0107. The van der Waals surface area contributed by atoms with Crippen molar-refractivity contribution in [2.24, 2.45) is 0 Å². The molecule has 2 atom stereocenters. The van der Waals surface area contributed by atoms with Gasteiger partial charge < -0.3 is 51.9 Å². The summed E-state index contributed by atoms with van der Waals surface area (Å²) in [4.78, 5) is 78.8. The van der Waals surface area contributed by atoms with Crippen molar-refractivity contribution in [2.75, 3.05) is 129 Å². The highest BCUT2D eigenvalue weighted by molar-refractivity contribution is 7.80. The van der Waals surface area contributed by atoms with Crippen molar-refractivity contribution in [3.05, 3.63) is 59.7 Å². The first kappa shape index (κ1) is 57.5. The van der Waals surface area contributed by atoms with Gasteiger partial charge in [-0.3, -0.25) is 58.2 Å². The second-order valence-corrected chi connectivity index (χ2v) is 16.7. The van der Waals surface area contributed by atoms with Crippen molar-refractivity contribution >= 4 is 81.9 Å². The molecule has 0 amide bonds. The van der Waals surface area contributed by atoms with Crippen LogP contribution in [0.3, 0.4) is 0 Å². The molecule has 0 spiro atoms. The van der Waals surface area contributed by atoms with Crippen molar-refractivity contribution in [1.29, 1.82) is 0 Å². The molecule has 0 saturated carbocycles. The van der Waals surface area contributed by atoms with Gasteiger partial charge in [-0.15, -0.1) is 0 Å². The minimum absolute atomic E-state index is 0. The topological polar surface area (TPSA) is 291 Å². The van der Waals surface area contributed by atoms with E-state index in [1.165, 1.54) is 0 Å². The molecule has 2 aliphatic rings. The first-order chi connectivity index (χ1) is 31.3. The summed E-state index contributed by atoms with van der Waals surface area (Å²) in [7, 11) is 3.44. The fraction of sp³-hybridized carbons (Fsp3) is 0.535. The highest BCUT2D eigenvalue weighted by atomic mass is 32.1. The van der Waals surface area contributed by atoms with E-state index < -0.39 is 35.8 Å². The number of anilines is 2. The quantitative estimate of drug-likeness (QED) is 0.0881. The Balaban J connectivity index is 0.000000453. The van der Waals surface area contributed by atoms with Gasteiger partial charge in [0.1, 0.15) is 0 Å². The van der Waals surface area contributed by atoms with Crippen LogP contribution in [0.4, 0.5) is 11.4 Å². The van der Waals surface area contributed by atoms with Gasteiger partial charge in [0.15, 0.2) is 10.2 Å². The smallest absolute Gasteiger partial charge is 0.317 e. The number of hydrogen-bond acceptors (Lipinski definition) is 14. The molecule has 10 N–H and O–H groups in total. The lowest BCUT2D eigenvalue weighted by atomic mass is 10.0. The van der Waals surface area contributed by atoms with Gasteiger partial charge in [0, 0.05) is 103 Å².